The van der Waals surface area contributed by atoms with Crippen molar-refractivity contribution in [3.8, 4) is 0 Å². The van der Waals surface area contributed by atoms with Crippen molar-refractivity contribution in [2.75, 3.05) is 26.2 Å². The number of Topliss-reactive ketones (excluding diaryl/α,β-unsaturated/α-hetero) is 1. The Kier molecular flexibility index (Phi) is 9.73. The number of carbonyl (C=O) groups excluding carboxylic acids is 3. The molecule has 0 radical (unpaired) electrons. The molecule has 1 saturated heterocycles. The third-order valence-corrected chi connectivity index (χ3v) is 4.27. The summed E-state index contributed by atoms with van der Waals surface area (Å²) in [5, 5.41) is 2.65. The van der Waals surface area contributed by atoms with E-state index in [-0.39, 0.29) is 12.4 Å². The van der Waals surface area contributed by atoms with Crippen molar-refractivity contribution in [2.45, 2.75) is 77.5 Å². The van der Waals surface area contributed by atoms with Gasteiger partial charge in [0.25, 0.3) is 0 Å². The minimum absolute atomic E-state index is 0.202. The third kappa shape index (κ3) is 8.26. The van der Waals surface area contributed by atoms with Gasteiger partial charge >= 0.3 is 12.1 Å². The Hall–Kier alpha value is -1.67. The molecule has 1 aliphatic rings. The number of rotatable bonds is 10. The van der Waals surface area contributed by atoms with Gasteiger partial charge in [-0.15, -0.1) is 0 Å². The molecule has 0 unspecified atom stereocenters. The van der Waals surface area contributed by atoms with Gasteiger partial charge in [0.1, 0.15) is 5.60 Å². The molecular formula is C19H35N3O5. The number of hydrogen-bond donors (Lipinski definition) is 2. The van der Waals surface area contributed by atoms with Crippen LogP contribution in [0.4, 0.5) is 4.79 Å². The second-order valence-corrected chi connectivity index (χ2v) is 7.78. The van der Waals surface area contributed by atoms with Crippen LogP contribution in [0.3, 0.4) is 0 Å². The fraction of sp³-hybridized carbons (Fsp3) is 0.842. The average molecular weight is 386 g/mol. The number of amides is 1. The summed E-state index contributed by atoms with van der Waals surface area (Å²) in [4.78, 5) is 39.7. The molecule has 0 bridgehead atoms. The first-order valence-electron chi connectivity index (χ1n) is 9.83. The van der Waals surface area contributed by atoms with Crippen LogP contribution in [0.1, 0.15) is 59.8 Å². The Morgan fingerprint density at radius 3 is 2.30 bits per heavy atom. The van der Waals surface area contributed by atoms with Gasteiger partial charge in [0.15, 0.2) is 11.8 Å². The van der Waals surface area contributed by atoms with Crippen LogP contribution < -0.4 is 11.1 Å². The van der Waals surface area contributed by atoms with Gasteiger partial charge in [-0.05, 0) is 79.4 Å². The molecule has 8 heteroatoms. The molecule has 0 aliphatic carbocycles. The second kappa shape index (κ2) is 11.2. The van der Waals surface area contributed by atoms with E-state index in [4.69, 9.17) is 15.2 Å². The van der Waals surface area contributed by atoms with Crippen LogP contribution in [0.15, 0.2) is 0 Å². The number of nitrogens with one attached hydrogen (secondary N) is 1. The number of unbranched alkanes of at least 4 members (excludes halogenated alkanes) is 1. The van der Waals surface area contributed by atoms with Gasteiger partial charge in [-0.3, -0.25) is 9.69 Å². The van der Waals surface area contributed by atoms with E-state index < -0.39 is 29.7 Å². The normalized spacial score (nSPS) is 17.2. The summed E-state index contributed by atoms with van der Waals surface area (Å²) < 4.78 is 10.4. The first-order valence-corrected chi connectivity index (χ1v) is 9.83. The van der Waals surface area contributed by atoms with Crippen molar-refractivity contribution in [1.29, 1.82) is 0 Å². The first-order chi connectivity index (χ1) is 12.7. The Bertz CT molecular complexity index is 498. The molecule has 2 atom stereocenters. The number of nitrogens with zero attached hydrogens (tertiary/aromatic N) is 1. The Balaban J connectivity index is 2.94. The summed E-state index contributed by atoms with van der Waals surface area (Å²) in [5.74, 6) is -0.905. The predicted octanol–water partition coefficient (Wildman–Crippen LogP) is 1.61. The zero-order valence-corrected chi connectivity index (χ0v) is 17.1. The van der Waals surface area contributed by atoms with E-state index in [1.807, 2.05) is 4.90 Å². The fourth-order valence-electron chi connectivity index (χ4n) is 3.08. The summed E-state index contributed by atoms with van der Waals surface area (Å²) in [6.07, 6.45) is 2.99. The number of esters is 1. The monoisotopic (exact) mass is 385 g/mol. The van der Waals surface area contributed by atoms with E-state index in [1.54, 1.807) is 27.7 Å². The number of ketones is 1. The highest BCUT2D eigenvalue weighted by atomic mass is 16.6. The maximum absolute atomic E-state index is 13.2. The summed E-state index contributed by atoms with van der Waals surface area (Å²) >= 11 is 0. The number of carbonyl (C=O) groups is 3. The fourth-order valence-corrected chi connectivity index (χ4v) is 3.08. The molecule has 8 nitrogen and oxygen atoms in total. The highest BCUT2D eigenvalue weighted by molar-refractivity contribution is 6.06. The van der Waals surface area contributed by atoms with Crippen molar-refractivity contribution in [2.24, 2.45) is 5.73 Å². The SMILES string of the molecule is CCOC(=O)[C@H](C(=O)[C@H](CCCCN)NC(=O)OC(C)(C)C)N1CCCC1. The van der Waals surface area contributed by atoms with Crippen molar-refractivity contribution in [3.05, 3.63) is 0 Å². The van der Waals surface area contributed by atoms with Gasteiger partial charge in [0.2, 0.25) is 0 Å². The van der Waals surface area contributed by atoms with Crippen LogP contribution in [-0.2, 0) is 19.1 Å². The predicted molar refractivity (Wildman–Crippen MR) is 102 cm³/mol. The lowest BCUT2D eigenvalue weighted by molar-refractivity contribution is -0.153. The molecule has 3 N–H and O–H groups in total. The quantitative estimate of drug-likeness (QED) is 0.334. The van der Waals surface area contributed by atoms with Gasteiger partial charge in [0, 0.05) is 0 Å². The highest BCUT2D eigenvalue weighted by Gasteiger charge is 2.39. The van der Waals surface area contributed by atoms with Crippen molar-refractivity contribution in [3.63, 3.8) is 0 Å². The number of nitrogens with two attached hydrogens (primary N) is 1. The van der Waals surface area contributed by atoms with Gasteiger partial charge in [0.05, 0.1) is 12.6 Å². The minimum Gasteiger partial charge on any atom is -0.464 e. The lowest BCUT2D eigenvalue weighted by atomic mass is 9.98. The molecular weight excluding hydrogens is 350 g/mol. The molecule has 156 valence electrons. The molecule has 1 heterocycles. The lowest BCUT2D eigenvalue weighted by Gasteiger charge is -2.29. The van der Waals surface area contributed by atoms with Gasteiger partial charge in [-0.1, -0.05) is 0 Å². The van der Waals surface area contributed by atoms with E-state index in [1.165, 1.54) is 0 Å². The maximum Gasteiger partial charge on any atom is 0.408 e. The zero-order valence-electron chi connectivity index (χ0n) is 17.1. The lowest BCUT2D eigenvalue weighted by Crippen LogP contribution is -2.55. The van der Waals surface area contributed by atoms with E-state index in [2.05, 4.69) is 5.32 Å². The summed E-state index contributed by atoms with van der Waals surface area (Å²) in [5.41, 5.74) is 4.87. The maximum atomic E-state index is 13.2. The first kappa shape index (κ1) is 23.4. The van der Waals surface area contributed by atoms with Crippen LogP contribution in [0.5, 0.6) is 0 Å². The zero-order chi connectivity index (χ0) is 20.4. The largest absolute Gasteiger partial charge is 0.464 e. The number of ether oxygens (including phenoxy) is 2. The van der Waals surface area contributed by atoms with E-state index in [0.717, 1.165) is 19.3 Å². The van der Waals surface area contributed by atoms with E-state index >= 15 is 0 Å². The van der Waals surface area contributed by atoms with E-state index in [0.29, 0.717) is 32.5 Å². The molecule has 1 aliphatic heterocycles. The molecule has 1 fully saturated rings. The smallest absolute Gasteiger partial charge is 0.408 e. The molecule has 0 aromatic rings. The Morgan fingerprint density at radius 2 is 1.78 bits per heavy atom. The summed E-state index contributed by atoms with van der Waals surface area (Å²) in [6.45, 7) is 9.00. The average Bonchev–Trinajstić information content (AvgIpc) is 3.06. The van der Waals surface area contributed by atoms with Gasteiger partial charge in [-0.2, -0.15) is 0 Å². The molecule has 27 heavy (non-hydrogen) atoms. The highest BCUT2D eigenvalue weighted by Crippen LogP contribution is 2.17. The second-order valence-electron chi connectivity index (χ2n) is 7.78. The van der Waals surface area contributed by atoms with Crippen LogP contribution >= 0.6 is 0 Å². The molecule has 0 spiro atoms. The van der Waals surface area contributed by atoms with Crippen molar-refractivity contribution >= 4 is 17.8 Å². The van der Waals surface area contributed by atoms with Crippen molar-refractivity contribution < 1.29 is 23.9 Å². The van der Waals surface area contributed by atoms with Crippen LogP contribution in [0.25, 0.3) is 0 Å². The summed E-state index contributed by atoms with van der Waals surface area (Å²) in [7, 11) is 0. The third-order valence-electron chi connectivity index (χ3n) is 4.27. The van der Waals surface area contributed by atoms with E-state index in [9.17, 15) is 14.4 Å². The van der Waals surface area contributed by atoms with Crippen molar-refractivity contribution in [1.82, 2.24) is 10.2 Å². The van der Waals surface area contributed by atoms with Gasteiger partial charge < -0.3 is 20.5 Å². The molecule has 0 saturated carbocycles. The molecule has 0 aromatic carbocycles. The number of hydrogen-bond acceptors (Lipinski definition) is 7. The number of alkyl carbamates (subject to hydrolysis) is 1. The minimum atomic E-state index is -0.995. The summed E-state index contributed by atoms with van der Waals surface area (Å²) in [6, 6.07) is -1.81. The van der Waals surface area contributed by atoms with Crippen LogP contribution in [-0.4, -0.2) is 66.7 Å². The Labute approximate surface area is 162 Å². The molecule has 0 aromatic heterocycles. The topological polar surface area (TPSA) is 111 Å². The number of likely N-dealkylation sites (tertiary alicyclic amines) is 1. The molecule has 1 amide bonds. The Morgan fingerprint density at radius 1 is 1.15 bits per heavy atom. The van der Waals surface area contributed by atoms with Gasteiger partial charge in [-0.25, -0.2) is 9.59 Å². The standard InChI is InChI=1S/C19H35N3O5/c1-5-26-17(24)15(22-12-8-9-13-22)16(23)14(10-6-7-11-20)21-18(25)27-19(2,3)4/h14-15H,5-13,20H2,1-4H3,(H,21,25)/t14-,15-/m0/s1. The molecule has 1 rings (SSSR count). The van der Waals surface area contributed by atoms with Crippen LogP contribution in [0, 0.1) is 0 Å². The van der Waals surface area contributed by atoms with Crippen LogP contribution in [0.2, 0.25) is 0 Å².